The Hall–Kier alpha value is -1.35. The Morgan fingerprint density at radius 2 is 1.74 bits per heavy atom. The zero-order valence-electron chi connectivity index (χ0n) is 11.9. The lowest BCUT2D eigenvalue weighted by Crippen LogP contribution is -2.11. The highest BCUT2D eigenvalue weighted by molar-refractivity contribution is 6.28. The van der Waals surface area contributed by atoms with Crippen LogP contribution in [0.1, 0.15) is 45.5 Å². The lowest BCUT2D eigenvalue weighted by atomic mass is 9.87. The lowest BCUT2D eigenvalue weighted by molar-refractivity contribution is 0.590. The second-order valence-electron chi connectivity index (χ2n) is 5.77. The van der Waals surface area contributed by atoms with E-state index in [1.165, 1.54) is 5.56 Å². The minimum absolute atomic E-state index is 0.155. The highest BCUT2D eigenvalue weighted by Crippen LogP contribution is 2.24. The first kappa shape index (κ1) is 14.1. The van der Waals surface area contributed by atoms with Gasteiger partial charge in [0.15, 0.2) is 0 Å². The van der Waals surface area contributed by atoms with Crippen LogP contribution in [0.25, 0.3) is 5.69 Å². The summed E-state index contributed by atoms with van der Waals surface area (Å²) in [5, 5.41) is 8.52. The minimum atomic E-state index is 0.155. The Bertz CT molecular complexity index is 550. The van der Waals surface area contributed by atoms with Gasteiger partial charge in [-0.1, -0.05) is 39.8 Å². The molecule has 3 nitrogen and oxygen atoms in total. The van der Waals surface area contributed by atoms with Gasteiger partial charge in [0.1, 0.15) is 5.82 Å². The van der Waals surface area contributed by atoms with Gasteiger partial charge in [0, 0.05) is 12.1 Å². The molecule has 0 bridgehead atoms. The van der Waals surface area contributed by atoms with E-state index < -0.39 is 0 Å². The summed E-state index contributed by atoms with van der Waals surface area (Å²) in [6.07, 6.45) is 1.90. The number of nitrogens with zero attached hydrogens (tertiary/aromatic N) is 3. The van der Waals surface area contributed by atoms with Crippen molar-refractivity contribution in [1.29, 1.82) is 0 Å². The number of hydrogen-bond acceptors (Lipinski definition) is 2. The standard InChI is InChI=1S/C15H20ClN3/c1-5-6-13-17-18-14(16)19(13)12-9-7-11(8-10-12)15(2,3)4/h7-10H,5-6H2,1-4H3. The molecular formula is C15H20ClN3. The molecule has 1 aromatic heterocycles. The number of aromatic nitrogens is 3. The number of aryl methyl sites for hydroxylation is 1. The highest BCUT2D eigenvalue weighted by Gasteiger charge is 2.15. The van der Waals surface area contributed by atoms with Crippen LogP contribution in [0.5, 0.6) is 0 Å². The van der Waals surface area contributed by atoms with Crippen molar-refractivity contribution in [3.8, 4) is 5.69 Å². The molecule has 0 aliphatic carbocycles. The van der Waals surface area contributed by atoms with Gasteiger partial charge in [0.25, 0.3) is 0 Å². The van der Waals surface area contributed by atoms with Crippen molar-refractivity contribution in [3.05, 3.63) is 40.9 Å². The van der Waals surface area contributed by atoms with Crippen LogP contribution in [0.3, 0.4) is 0 Å². The molecule has 0 spiro atoms. The largest absolute Gasteiger partial charge is 0.270 e. The van der Waals surface area contributed by atoms with Gasteiger partial charge < -0.3 is 0 Å². The first-order valence-electron chi connectivity index (χ1n) is 6.64. The zero-order valence-corrected chi connectivity index (χ0v) is 12.7. The van der Waals surface area contributed by atoms with Gasteiger partial charge in [-0.2, -0.15) is 0 Å². The topological polar surface area (TPSA) is 30.7 Å². The van der Waals surface area contributed by atoms with Gasteiger partial charge in [0.05, 0.1) is 0 Å². The molecule has 1 heterocycles. The van der Waals surface area contributed by atoms with E-state index in [-0.39, 0.29) is 5.41 Å². The highest BCUT2D eigenvalue weighted by atomic mass is 35.5. The fourth-order valence-corrected chi connectivity index (χ4v) is 2.28. The van der Waals surface area contributed by atoms with Gasteiger partial charge in [-0.3, -0.25) is 4.57 Å². The van der Waals surface area contributed by atoms with E-state index in [2.05, 4.69) is 62.2 Å². The molecule has 0 aliphatic rings. The van der Waals surface area contributed by atoms with Crippen LogP contribution in [-0.4, -0.2) is 14.8 Å². The normalized spacial score (nSPS) is 11.8. The summed E-state index contributed by atoms with van der Waals surface area (Å²) in [4.78, 5) is 0. The number of halogens is 1. The predicted molar refractivity (Wildman–Crippen MR) is 79.1 cm³/mol. The van der Waals surface area contributed by atoms with Crippen molar-refractivity contribution in [2.24, 2.45) is 0 Å². The van der Waals surface area contributed by atoms with E-state index in [4.69, 9.17) is 11.6 Å². The van der Waals surface area contributed by atoms with Crippen molar-refractivity contribution < 1.29 is 0 Å². The van der Waals surface area contributed by atoms with E-state index in [9.17, 15) is 0 Å². The molecule has 0 atom stereocenters. The molecule has 0 saturated carbocycles. The van der Waals surface area contributed by atoms with Crippen molar-refractivity contribution >= 4 is 11.6 Å². The number of rotatable bonds is 3. The van der Waals surface area contributed by atoms with Gasteiger partial charge >= 0.3 is 0 Å². The average molecular weight is 278 g/mol. The summed E-state index contributed by atoms with van der Waals surface area (Å²) in [5.74, 6) is 0.913. The second-order valence-corrected chi connectivity index (χ2v) is 6.11. The van der Waals surface area contributed by atoms with Crippen LogP contribution in [0, 0.1) is 0 Å². The maximum Gasteiger partial charge on any atom is 0.229 e. The lowest BCUT2D eigenvalue weighted by Gasteiger charge is -2.19. The Kier molecular flexibility index (Phi) is 3.95. The summed E-state index contributed by atoms with van der Waals surface area (Å²) >= 11 is 6.13. The van der Waals surface area contributed by atoms with E-state index in [1.807, 2.05) is 4.57 Å². The van der Waals surface area contributed by atoms with Crippen LogP contribution < -0.4 is 0 Å². The van der Waals surface area contributed by atoms with E-state index >= 15 is 0 Å². The molecule has 19 heavy (non-hydrogen) atoms. The summed E-state index contributed by atoms with van der Waals surface area (Å²) in [6, 6.07) is 8.44. The maximum absolute atomic E-state index is 6.13. The van der Waals surface area contributed by atoms with Gasteiger partial charge in [-0.05, 0) is 41.1 Å². The van der Waals surface area contributed by atoms with Crippen molar-refractivity contribution in [1.82, 2.24) is 14.8 Å². The molecule has 0 saturated heterocycles. The van der Waals surface area contributed by atoms with Gasteiger partial charge in [-0.15, -0.1) is 10.2 Å². The predicted octanol–water partition coefficient (Wildman–Crippen LogP) is 4.17. The number of hydrogen-bond donors (Lipinski definition) is 0. The Morgan fingerprint density at radius 3 is 2.26 bits per heavy atom. The monoisotopic (exact) mass is 277 g/mol. The fourth-order valence-electron chi connectivity index (χ4n) is 2.05. The molecule has 1 aromatic carbocycles. The van der Waals surface area contributed by atoms with Crippen LogP contribution >= 0.6 is 11.6 Å². The third kappa shape index (κ3) is 2.98. The third-order valence-electron chi connectivity index (χ3n) is 3.16. The molecule has 0 aliphatic heterocycles. The second kappa shape index (κ2) is 5.33. The van der Waals surface area contributed by atoms with Crippen LogP contribution in [0.15, 0.2) is 24.3 Å². The van der Waals surface area contributed by atoms with Crippen molar-refractivity contribution in [2.75, 3.05) is 0 Å². The SMILES string of the molecule is CCCc1nnc(Cl)n1-c1ccc(C(C)(C)C)cc1. The maximum atomic E-state index is 6.13. The molecule has 0 amide bonds. The van der Waals surface area contributed by atoms with E-state index in [0.29, 0.717) is 5.28 Å². The molecule has 4 heteroatoms. The van der Waals surface area contributed by atoms with Gasteiger partial charge in [0.2, 0.25) is 5.28 Å². The summed E-state index contributed by atoms with van der Waals surface area (Å²) in [6.45, 7) is 8.73. The third-order valence-corrected chi connectivity index (χ3v) is 3.40. The molecule has 0 unspecified atom stereocenters. The quantitative estimate of drug-likeness (QED) is 0.843. The number of benzene rings is 1. The zero-order chi connectivity index (χ0) is 14.0. The first-order valence-corrected chi connectivity index (χ1v) is 7.02. The smallest absolute Gasteiger partial charge is 0.229 e. The molecule has 2 aromatic rings. The van der Waals surface area contributed by atoms with E-state index in [0.717, 1.165) is 24.4 Å². The Balaban J connectivity index is 2.40. The first-order chi connectivity index (χ1) is 8.93. The summed E-state index contributed by atoms with van der Waals surface area (Å²) in [7, 11) is 0. The van der Waals surface area contributed by atoms with Crippen LogP contribution in [0.2, 0.25) is 5.28 Å². The van der Waals surface area contributed by atoms with Gasteiger partial charge in [-0.25, -0.2) is 0 Å². The molecule has 2 rings (SSSR count). The van der Waals surface area contributed by atoms with Crippen LogP contribution in [-0.2, 0) is 11.8 Å². The van der Waals surface area contributed by atoms with Crippen LogP contribution in [0.4, 0.5) is 0 Å². The average Bonchev–Trinajstić information content (AvgIpc) is 2.70. The Morgan fingerprint density at radius 1 is 1.11 bits per heavy atom. The molecular weight excluding hydrogens is 258 g/mol. The summed E-state index contributed by atoms with van der Waals surface area (Å²) in [5.41, 5.74) is 2.48. The molecule has 0 radical (unpaired) electrons. The Labute approximate surface area is 119 Å². The van der Waals surface area contributed by atoms with Crippen molar-refractivity contribution in [3.63, 3.8) is 0 Å². The summed E-state index contributed by atoms with van der Waals surface area (Å²) < 4.78 is 1.91. The van der Waals surface area contributed by atoms with Crippen molar-refractivity contribution in [2.45, 2.75) is 46.0 Å². The van der Waals surface area contributed by atoms with E-state index in [1.54, 1.807) is 0 Å². The molecule has 0 fully saturated rings. The fraction of sp³-hybridized carbons (Fsp3) is 0.467. The molecule has 102 valence electrons. The molecule has 0 N–H and O–H groups in total. The minimum Gasteiger partial charge on any atom is -0.270 e.